The van der Waals surface area contributed by atoms with Crippen molar-refractivity contribution < 1.29 is 4.74 Å². The van der Waals surface area contributed by atoms with Gasteiger partial charge >= 0.3 is 0 Å². The van der Waals surface area contributed by atoms with Gasteiger partial charge in [0.1, 0.15) is 6.33 Å². The first kappa shape index (κ1) is 10.2. The third-order valence-electron chi connectivity index (χ3n) is 2.80. The van der Waals surface area contributed by atoms with E-state index < -0.39 is 0 Å². The molecule has 1 unspecified atom stereocenters. The molecular weight excluding hydrogens is 192 g/mol. The SMILES string of the molecule is COc1cncnc1N1CCCC1CN. The van der Waals surface area contributed by atoms with Gasteiger partial charge in [-0.25, -0.2) is 9.97 Å². The van der Waals surface area contributed by atoms with Gasteiger partial charge in [-0.3, -0.25) is 0 Å². The molecule has 5 heteroatoms. The zero-order valence-electron chi connectivity index (χ0n) is 8.89. The Bertz CT molecular complexity index is 331. The van der Waals surface area contributed by atoms with Crippen molar-refractivity contribution in [3.63, 3.8) is 0 Å². The predicted molar refractivity (Wildman–Crippen MR) is 58.0 cm³/mol. The number of hydrogen-bond donors (Lipinski definition) is 1. The lowest BCUT2D eigenvalue weighted by Crippen LogP contribution is -2.36. The third kappa shape index (κ3) is 1.87. The van der Waals surface area contributed by atoms with Gasteiger partial charge in [0.25, 0.3) is 0 Å². The number of nitrogens with zero attached hydrogens (tertiary/aromatic N) is 3. The lowest BCUT2D eigenvalue weighted by atomic mass is 10.2. The van der Waals surface area contributed by atoms with E-state index in [1.165, 1.54) is 0 Å². The van der Waals surface area contributed by atoms with Crippen molar-refractivity contribution in [3.8, 4) is 5.75 Å². The summed E-state index contributed by atoms with van der Waals surface area (Å²) >= 11 is 0. The van der Waals surface area contributed by atoms with Gasteiger partial charge in [-0.2, -0.15) is 0 Å². The molecule has 82 valence electrons. The number of methoxy groups -OCH3 is 1. The lowest BCUT2D eigenvalue weighted by molar-refractivity contribution is 0.409. The monoisotopic (exact) mass is 208 g/mol. The zero-order valence-corrected chi connectivity index (χ0v) is 8.89. The molecule has 0 radical (unpaired) electrons. The minimum atomic E-state index is 0.383. The minimum Gasteiger partial charge on any atom is -0.491 e. The molecule has 0 saturated carbocycles. The Labute approximate surface area is 89.3 Å². The number of ether oxygens (including phenoxy) is 1. The Hall–Kier alpha value is -1.36. The van der Waals surface area contributed by atoms with Crippen LogP contribution in [0.25, 0.3) is 0 Å². The maximum absolute atomic E-state index is 5.73. The van der Waals surface area contributed by atoms with Gasteiger partial charge in [-0.1, -0.05) is 0 Å². The Kier molecular flexibility index (Phi) is 3.01. The quantitative estimate of drug-likeness (QED) is 0.779. The summed E-state index contributed by atoms with van der Waals surface area (Å²) in [5.41, 5.74) is 5.73. The molecule has 1 aromatic heterocycles. The highest BCUT2D eigenvalue weighted by Crippen LogP contribution is 2.29. The second-order valence-electron chi connectivity index (χ2n) is 3.64. The van der Waals surface area contributed by atoms with Crippen molar-refractivity contribution in [3.05, 3.63) is 12.5 Å². The first-order chi connectivity index (χ1) is 7.36. The van der Waals surface area contributed by atoms with Crippen molar-refractivity contribution in [2.45, 2.75) is 18.9 Å². The molecule has 2 N–H and O–H groups in total. The average molecular weight is 208 g/mol. The molecule has 0 spiro atoms. The fraction of sp³-hybridized carbons (Fsp3) is 0.600. The van der Waals surface area contributed by atoms with E-state index in [0.717, 1.165) is 31.0 Å². The van der Waals surface area contributed by atoms with Crippen molar-refractivity contribution in [2.75, 3.05) is 25.1 Å². The molecule has 2 rings (SSSR count). The molecule has 1 atom stereocenters. The van der Waals surface area contributed by atoms with Crippen LogP contribution in [0.3, 0.4) is 0 Å². The van der Waals surface area contributed by atoms with Crippen molar-refractivity contribution in [2.24, 2.45) is 5.73 Å². The van der Waals surface area contributed by atoms with Crippen LogP contribution in [0.5, 0.6) is 5.75 Å². The molecule has 15 heavy (non-hydrogen) atoms. The normalized spacial score (nSPS) is 20.7. The molecule has 0 aromatic carbocycles. The maximum atomic E-state index is 5.73. The average Bonchev–Trinajstić information content (AvgIpc) is 2.76. The minimum absolute atomic E-state index is 0.383. The summed E-state index contributed by atoms with van der Waals surface area (Å²) in [6, 6.07) is 0.383. The molecule has 5 nitrogen and oxygen atoms in total. The first-order valence-corrected chi connectivity index (χ1v) is 5.17. The van der Waals surface area contributed by atoms with Gasteiger partial charge < -0.3 is 15.4 Å². The smallest absolute Gasteiger partial charge is 0.179 e. The number of rotatable bonds is 3. The molecule has 0 bridgehead atoms. The Morgan fingerprint density at radius 2 is 2.53 bits per heavy atom. The van der Waals surface area contributed by atoms with Gasteiger partial charge in [-0.15, -0.1) is 0 Å². The predicted octanol–water partition coefficient (Wildman–Crippen LogP) is 0.413. The molecule has 0 amide bonds. The van der Waals surface area contributed by atoms with Crippen LogP contribution in [-0.2, 0) is 0 Å². The van der Waals surface area contributed by atoms with Gasteiger partial charge in [-0.05, 0) is 12.8 Å². The highest BCUT2D eigenvalue weighted by Gasteiger charge is 2.26. The molecule has 0 aliphatic carbocycles. The summed E-state index contributed by atoms with van der Waals surface area (Å²) in [4.78, 5) is 10.4. The maximum Gasteiger partial charge on any atom is 0.179 e. The Morgan fingerprint density at radius 3 is 3.27 bits per heavy atom. The summed E-state index contributed by atoms with van der Waals surface area (Å²) in [5, 5.41) is 0. The number of anilines is 1. The summed E-state index contributed by atoms with van der Waals surface area (Å²) in [5.74, 6) is 1.58. The molecule has 1 aliphatic heterocycles. The molecule has 1 aromatic rings. The zero-order chi connectivity index (χ0) is 10.7. The molecular formula is C10H16N4O. The summed E-state index contributed by atoms with van der Waals surface area (Å²) in [7, 11) is 1.63. The summed E-state index contributed by atoms with van der Waals surface area (Å²) in [6.07, 6.45) is 5.52. The largest absolute Gasteiger partial charge is 0.491 e. The lowest BCUT2D eigenvalue weighted by Gasteiger charge is -2.25. The van der Waals surface area contributed by atoms with Gasteiger partial charge in [0, 0.05) is 19.1 Å². The van der Waals surface area contributed by atoms with E-state index in [1.807, 2.05) is 0 Å². The van der Waals surface area contributed by atoms with Gasteiger partial charge in [0.15, 0.2) is 11.6 Å². The van der Waals surface area contributed by atoms with Crippen molar-refractivity contribution in [1.82, 2.24) is 9.97 Å². The fourth-order valence-corrected chi connectivity index (χ4v) is 2.03. The van der Waals surface area contributed by atoms with E-state index in [2.05, 4.69) is 14.9 Å². The highest BCUT2D eigenvalue weighted by molar-refractivity contribution is 5.52. The molecule has 2 heterocycles. The summed E-state index contributed by atoms with van der Waals surface area (Å²) in [6.45, 7) is 1.66. The van der Waals surface area contributed by atoms with Crippen LogP contribution < -0.4 is 15.4 Å². The Balaban J connectivity index is 2.27. The number of hydrogen-bond acceptors (Lipinski definition) is 5. The first-order valence-electron chi connectivity index (χ1n) is 5.17. The summed E-state index contributed by atoms with van der Waals surface area (Å²) < 4.78 is 5.24. The number of aromatic nitrogens is 2. The van der Waals surface area contributed by atoms with E-state index in [0.29, 0.717) is 12.6 Å². The topological polar surface area (TPSA) is 64.3 Å². The molecule has 1 saturated heterocycles. The van der Waals surface area contributed by atoms with Crippen LogP contribution in [0.4, 0.5) is 5.82 Å². The van der Waals surface area contributed by atoms with Crippen LogP contribution in [0.15, 0.2) is 12.5 Å². The second kappa shape index (κ2) is 4.44. The van der Waals surface area contributed by atoms with Crippen LogP contribution in [-0.4, -0.2) is 36.2 Å². The van der Waals surface area contributed by atoms with Crippen LogP contribution in [0.1, 0.15) is 12.8 Å². The van der Waals surface area contributed by atoms with E-state index >= 15 is 0 Å². The highest BCUT2D eigenvalue weighted by atomic mass is 16.5. The van der Waals surface area contributed by atoms with Gasteiger partial charge in [0.05, 0.1) is 13.3 Å². The second-order valence-corrected chi connectivity index (χ2v) is 3.64. The Morgan fingerprint density at radius 1 is 1.67 bits per heavy atom. The van der Waals surface area contributed by atoms with Crippen molar-refractivity contribution in [1.29, 1.82) is 0 Å². The van der Waals surface area contributed by atoms with Crippen LogP contribution in [0.2, 0.25) is 0 Å². The standard InChI is InChI=1S/C10H16N4O/c1-15-9-6-12-7-13-10(9)14-4-2-3-8(14)5-11/h6-8H,2-5,11H2,1H3. The number of nitrogens with two attached hydrogens (primary N) is 1. The van der Waals surface area contributed by atoms with E-state index in [-0.39, 0.29) is 0 Å². The van der Waals surface area contributed by atoms with Crippen molar-refractivity contribution >= 4 is 5.82 Å². The van der Waals surface area contributed by atoms with Gasteiger partial charge in [0.2, 0.25) is 0 Å². The fourth-order valence-electron chi connectivity index (χ4n) is 2.03. The van der Waals surface area contributed by atoms with E-state index in [9.17, 15) is 0 Å². The molecule has 1 fully saturated rings. The van der Waals surface area contributed by atoms with Crippen LogP contribution in [0, 0.1) is 0 Å². The molecule has 1 aliphatic rings. The van der Waals surface area contributed by atoms with E-state index in [4.69, 9.17) is 10.5 Å². The van der Waals surface area contributed by atoms with Crippen LogP contribution >= 0.6 is 0 Å². The third-order valence-corrected chi connectivity index (χ3v) is 2.80. The van der Waals surface area contributed by atoms with E-state index in [1.54, 1.807) is 19.6 Å².